The van der Waals surface area contributed by atoms with Crippen molar-refractivity contribution in [2.24, 2.45) is 0 Å². The van der Waals surface area contributed by atoms with Crippen molar-refractivity contribution in [2.45, 2.75) is 0 Å². The molecule has 3 heterocycles. The molecule has 8 heteroatoms. The van der Waals surface area contributed by atoms with E-state index in [1.54, 1.807) is 43.8 Å². The molecule has 0 aliphatic carbocycles. The summed E-state index contributed by atoms with van der Waals surface area (Å²) in [6.07, 6.45) is 6.15. The molecule has 168 valence electrons. The number of rotatable bonds is 8. The molecule has 1 N–H and O–H groups in total. The van der Waals surface area contributed by atoms with Crippen LogP contribution in [0.3, 0.4) is 0 Å². The third-order valence-electron chi connectivity index (χ3n) is 5.29. The van der Waals surface area contributed by atoms with Gasteiger partial charge in [0.05, 0.1) is 36.6 Å². The number of H-pyrrole nitrogens is 1. The van der Waals surface area contributed by atoms with Crippen LogP contribution in [0.1, 0.15) is 0 Å². The third kappa shape index (κ3) is 4.41. The molecule has 7 nitrogen and oxygen atoms in total. The molecule has 0 bridgehead atoms. The fourth-order valence-corrected chi connectivity index (χ4v) is 3.57. The minimum absolute atomic E-state index is 0.192. The van der Waals surface area contributed by atoms with Crippen LogP contribution in [0, 0.1) is 5.82 Å². The van der Waals surface area contributed by atoms with Crippen molar-refractivity contribution in [1.29, 1.82) is 0 Å². The van der Waals surface area contributed by atoms with Crippen molar-refractivity contribution in [2.75, 3.05) is 27.3 Å². The Labute approximate surface area is 190 Å². The van der Waals surface area contributed by atoms with E-state index < -0.39 is 5.82 Å². The van der Waals surface area contributed by atoms with E-state index in [1.165, 1.54) is 24.2 Å². The minimum atomic E-state index is -0.398. The number of nitrogens with zero attached hydrogens (tertiary/aromatic N) is 3. The highest BCUT2D eigenvalue weighted by Crippen LogP contribution is 2.42. The van der Waals surface area contributed by atoms with Gasteiger partial charge in [0, 0.05) is 36.1 Å². The van der Waals surface area contributed by atoms with Crippen LogP contribution in [0.2, 0.25) is 0 Å². The van der Waals surface area contributed by atoms with Gasteiger partial charge in [-0.15, -0.1) is 0 Å². The molecule has 0 spiro atoms. The highest BCUT2D eigenvalue weighted by atomic mass is 19.1. The highest BCUT2D eigenvalue weighted by Gasteiger charge is 2.22. The predicted molar refractivity (Wildman–Crippen MR) is 125 cm³/mol. The molecule has 4 aromatic rings. The summed E-state index contributed by atoms with van der Waals surface area (Å²) in [6, 6.07) is 10.1. The fourth-order valence-electron chi connectivity index (χ4n) is 3.57. The van der Waals surface area contributed by atoms with Crippen molar-refractivity contribution in [3.8, 4) is 33.9 Å². The van der Waals surface area contributed by atoms with E-state index in [2.05, 4.69) is 21.5 Å². The Morgan fingerprint density at radius 3 is 2.88 bits per heavy atom. The van der Waals surface area contributed by atoms with Crippen molar-refractivity contribution < 1.29 is 18.7 Å². The number of aromatic amines is 1. The maximum absolute atomic E-state index is 15.0. The van der Waals surface area contributed by atoms with Gasteiger partial charge in [-0.3, -0.25) is 14.8 Å². The molecule has 0 atom stereocenters. The van der Waals surface area contributed by atoms with Gasteiger partial charge in [0.25, 0.3) is 0 Å². The average molecular weight is 446 g/mol. The summed E-state index contributed by atoms with van der Waals surface area (Å²) in [4.78, 5) is 25.2. The number of hydrogen-bond donors (Lipinski definition) is 1. The van der Waals surface area contributed by atoms with E-state index >= 15 is 4.39 Å². The summed E-state index contributed by atoms with van der Waals surface area (Å²) in [6.45, 7) is 4.10. The van der Waals surface area contributed by atoms with E-state index in [1.807, 2.05) is 12.1 Å². The Hall–Kier alpha value is -4.20. The fraction of sp³-hybridized carbons (Fsp3) is 0.160. The van der Waals surface area contributed by atoms with E-state index in [9.17, 15) is 4.79 Å². The van der Waals surface area contributed by atoms with Gasteiger partial charge in [0.2, 0.25) is 5.91 Å². The number of methoxy groups -OCH3 is 1. The van der Waals surface area contributed by atoms with E-state index in [4.69, 9.17) is 9.47 Å². The van der Waals surface area contributed by atoms with Gasteiger partial charge in [0.15, 0.2) is 0 Å². The third-order valence-corrected chi connectivity index (χ3v) is 5.29. The summed E-state index contributed by atoms with van der Waals surface area (Å²) in [7, 11) is 3.21. The quantitative estimate of drug-likeness (QED) is 0.404. The highest BCUT2D eigenvalue weighted by molar-refractivity contribution is 6.02. The number of fused-ring (bicyclic) bond motifs is 1. The molecule has 4 rings (SSSR count). The SMILES string of the molecule is C=CC(=O)N(C)CCOc1cnccc1-c1[nH]c2cccnc2c1-c1cc(OC)ccc1F. The smallest absolute Gasteiger partial charge is 0.245 e. The minimum Gasteiger partial charge on any atom is -0.497 e. The maximum Gasteiger partial charge on any atom is 0.245 e. The molecule has 3 aromatic heterocycles. The summed E-state index contributed by atoms with van der Waals surface area (Å²) < 4.78 is 26.3. The number of carbonyl (C=O) groups is 1. The van der Waals surface area contributed by atoms with Crippen molar-refractivity contribution in [3.63, 3.8) is 0 Å². The van der Waals surface area contributed by atoms with Gasteiger partial charge in [-0.05, 0) is 42.5 Å². The molecule has 1 amide bonds. The first-order valence-electron chi connectivity index (χ1n) is 10.3. The molecule has 33 heavy (non-hydrogen) atoms. The number of amides is 1. The molecule has 0 unspecified atom stereocenters. The van der Waals surface area contributed by atoms with Gasteiger partial charge >= 0.3 is 0 Å². The summed E-state index contributed by atoms with van der Waals surface area (Å²) >= 11 is 0. The number of halogens is 1. The molecular weight excluding hydrogens is 423 g/mol. The van der Waals surface area contributed by atoms with Crippen LogP contribution in [0.5, 0.6) is 11.5 Å². The van der Waals surface area contributed by atoms with Gasteiger partial charge in [-0.2, -0.15) is 0 Å². The average Bonchev–Trinajstić information content (AvgIpc) is 3.23. The number of ether oxygens (including phenoxy) is 2. The summed E-state index contributed by atoms with van der Waals surface area (Å²) in [5.41, 5.74) is 3.66. The Bertz CT molecular complexity index is 1320. The normalized spacial score (nSPS) is 10.8. The topological polar surface area (TPSA) is 80.3 Å². The number of likely N-dealkylation sites (N-methyl/N-ethyl adjacent to an activating group) is 1. The van der Waals surface area contributed by atoms with Crippen LogP contribution in [-0.4, -0.2) is 53.1 Å². The first-order valence-corrected chi connectivity index (χ1v) is 10.3. The lowest BCUT2D eigenvalue weighted by atomic mass is 9.99. The van der Waals surface area contributed by atoms with E-state index in [0.717, 1.165) is 5.52 Å². The summed E-state index contributed by atoms with van der Waals surface area (Å²) in [5, 5.41) is 0. The molecule has 0 radical (unpaired) electrons. The first-order chi connectivity index (χ1) is 16.0. The second kappa shape index (κ2) is 9.52. The van der Waals surface area contributed by atoms with Gasteiger partial charge in [0.1, 0.15) is 23.9 Å². The van der Waals surface area contributed by atoms with Crippen LogP contribution in [-0.2, 0) is 4.79 Å². The van der Waals surface area contributed by atoms with Crippen molar-refractivity contribution in [1.82, 2.24) is 19.9 Å². The van der Waals surface area contributed by atoms with Crippen LogP contribution >= 0.6 is 0 Å². The van der Waals surface area contributed by atoms with E-state index in [-0.39, 0.29) is 12.5 Å². The predicted octanol–water partition coefficient (Wildman–Crippen LogP) is 4.46. The number of aromatic nitrogens is 3. The Balaban J connectivity index is 1.80. The Morgan fingerprint density at radius 2 is 2.09 bits per heavy atom. The van der Waals surface area contributed by atoms with Gasteiger partial charge in [-0.1, -0.05) is 6.58 Å². The lowest BCUT2D eigenvalue weighted by Gasteiger charge is -2.17. The van der Waals surface area contributed by atoms with Crippen LogP contribution < -0.4 is 9.47 Å². The largest absolute Gasteiger partial charge is 0.497 e. The molecule has 0 saturated heterocycles. The van der Waals surface area contributed by atoms with Crippen LogP contribution in [0.25, 0.3) is 33.4 Å². The second-order valence-electron chi connectivity index (χ2n) is 7.30. The van der Waals surface area contributed by atoms with Crippen molar-refractivity contribution in [3.05, 3.63) is 73.5 Å². The molecule has 0 aliphatic heterocycles. The van der Waals surface area contributed by atoms with Crippen molar-refractivity contribution >= 4 is 16.9 Å². The summed E-state index contributed by atoms with van der Waals surface area (Å²) in [5.74, 6) is 0.434. The van der Waals surface area contributed by atoms with Gasteiger partial charge in [-0.25, -0.2) is 4.39 Å². The zero-order valence-corrected chi connectivity index (χ0v) is 18.3. The van der Waals surface area contributed by atoms with Crippen LogP contribution in [0.4, 0.5) is 4.39 Å². The monoisotopic (exact) mass is 446 g/mol. The Kier molecular flexibility index (Phi) is 6.35. The molecule has 0 saturated carbocycles. The lowest BCUT2D eigenvalue weighted by Crippen LogP contribution is -2.29. The lowest BCUT2D eigenvalue weighted by molar-refractivity contribution is -0.125. The molecular formula is C25H23FN4O3. The standard InChI is InChI=1S/C25H23FN4O3/c1-4-22(31)30(2)12-13-33-21-15-27-11-9-17(21)24-23(25-20(29-24)6-5-10-28-25)18-14-16(32-3)7-8-19(18)26/h4-11,14-15,29H,1,12-13H2,2-3H3. The zero-order valence-electron chi connectivity index (χ0n) is 18.3. The maximum atomic E-state index is 15.0. The number of hydrogen-bond acceptors (Lipinski definition) is 5. The molecule has 0 fully saturated rings. The zero-order chi connectivity index (χ0) is 23.4. The second-order valence-corrected chi connectivity index (χ2v) is 7.30. The number of nitrogens with one attached hydrogen (secondary N) is 1. The first kappa shape index (κ1) is 22.0. The van der Waals surface area contributed by atoms with E-state index in [0.29, 0.717) is 45.9 Å². The Morgan fingerprint density at radius 1 is 1.24 bits per heavy atom. The number of benzene rings is 1. The number of carbonyl (C=O) groups excluding carboxylic acids is 1. The molecule has 1 aromatic carbocycles. The van der Waals surface area contributed by atoms with Crippen LogP contribution in [0.15, 0.2) is 67.6 Å². The number of pyridine rings is 2. The molecule has 0 aliphatic rings. The van der Waals surface area contributed by atoms with Gasteiger partial charge < -0.3 is 19.4 Å².